The number of carbonyl (C=O) groups excluding carboxylic acids is 1. The second-order valence-corrected chi connectivity index (χ2v) is 8.62. The Hall–Kier alpha value is -3.32. The van der Waals surface area contributed by atoms with E-state index >= 15 is 0 Å². The molecule has 0 spiro atoms. The topological polar surface area (TPSA) is 74.8 Å². The summed E-state index contributed by atoms with van der Waals surface area (Å²) >= 11 is 6.27. The lowest BCUT2D eigenvalue weighted by Gasteiger charge is -2.26. The molecule has 1 amide bonds. The van der Waals surface area contributed by atoms with Crippen molar-refractivity contribution in [1.82, 2.24) is 24.8 Å². The number of aryl methyl sites for hydroxylation is 1. The van der Waals surface area contributed by atoms with Gasteiger partial charge in [0.2, 0.25) is 0 Å². The highest BCUT2D eigenvalue weighted by atomic mass is 35.5. The molecule has 6 nitrogen and oxygen atoms in total. The molecular formula is C24H21ClFN5O. The summed E-state index contributed by atoms with van der Waals surface area (Å²) in [7, 11) is 0. The Kier molecular flexibility index (Phi) is 5.13. The fraction of sp³-hybridized carbons (Fsp3) is 0.250. The number of nitrogens with zero attached hydrogens (tertiary/aromatic N) is 4. The number of carbonyl (C=O) groups is 1. The van der Waals surface area contributed by atoms with Crippen molar-refractivity contribution in [1.29, 1.82) is 0 Å². The predicted molar refractivity (Wildman–Crippen MR) is 121 cm³/mol. The molecule has 0 aliphatic carbocycles. The van der Waals surface area contributed by atoms with Gasteiger partial charge in [-0.2, -0.15) is 0 Å². The third-order valence-electron chi connectivity index (χ3n) is 6.04. The van der Waals surface area contributed by atoms with Gasteiger partial charge in [0, 0.05) is 29.5 Å². The van der Waals surface area contributed by atoms with Crippen LogP contribution in [0.4, 0.5) is 4.39 Å². The zero-order chi connectivity index (χ0) is 22.4. The molecule has 2 atom stereocenters. The van der Waals surface area contributed by atoms with Gasteiger partial charge in [0.25, 0.3) is 5.91 Å². The molecule has 0 saturated carbocycles. The molecule has 1 fully saturated rings. The normalized spacial score (nSPS) is 18.4. The third kappa shape index (κ3) is 3.52. The van der Waals surface area contributed by atoms with Crippen LogP contribution < -0.4 is 0 Å². The highest BCUT2D eigenvalue weighted by Gasteiger charge is 2.38. The lowest BCUT2D eigenvalue weighted by Crippen LogP contribution is -2.33. The molecule has 32 heavy (non-hydrogen) atoms. The molecule has 0 unspecified atom stereocenters. The van der Waals surface area contributed by atoms with Gasteiger partial charge in [-0.15, -0.1) is 0 Å². The smallest absolute Gasteiger partial charge is 0.255 e. The van der Waals surface area contributed by atoms with Gasteiger partial charge in [0.15, 0.2) is 5.82 Å². The summed E-state index contributed by atoms with van der Waals surface area (Å²) in [4.78, 5) is 32.1. The molecule has 1 saturated heterocycles. The highest BCUT2D eigenvalue weighted by molar-refractivity contribution is 6.32. The van der Waals surface area contributed by atoms with Crippen LogP contribution in [0.15, 0.2) is 48.8 Å². The molecule has 162 valence electrons. The minimum Gasteiger partial charge on any atom is -0.340 e. The van der Waals surface area contributed by atoms with E-state index < -0.39 is 5.82 Å². The van der Waals surface area contributed by atoms with Crippen molar-refractivity contribution in [3.8, 4) is 11.4 Å². The molecule has 5 rings (SSSR count). The molecular weight excluding hydrogens is 429 g/mol. The van der Waals surface area contributed by atoms with E-state index in [4.69, 9.17) is 16.6 Å². The SMILES string of the molecule is Cc1cc2[nH]c([C@@H]3[C@@H](C)CCN3C(=O)c3cc(F)ccc3-c3ncccn3)nc2cc1Cl. The van der Waals surface area contributed by atoms with E-state index in [0.717, 1.165) is 23.0 Å². The van der Waals surface area contributed by atoms with Gasteiger partial charge in [-0.1, -0.05) is 18.5 Å². The summed E-state index contributed by atoms with van der Waals surface area (Å²) < 4.78 is 14.2. The van der Waals surface area contributed by atoms with Crippen LogP contribution >= 0.6 is 11.6 Å². The van der Waals surface area contributed by atoms with E-state index in [1.54, 1.807) is 29.4 Å². The van der Waals surface area contributed by atoms with Crippen LogP contribution in [0.2, 0.25) is 5.02 Å². The minimum atomic E-state index is -0.481. The van der Waals surface area contributed by atoms with Gasteiger partial charge >= 0.3 is 0 Å². The molecule has 1 aliphatic rings. The Balaban J connectivity index is 1.56. The number of hydrogen-bond donors (Lipinski definition) is 1. The van der Waals surface area contributed by atoms with Crippen molar-refractivity contribution < 1.29 is 9.18 Å². The molecule has 0 radical (unpaired) electrons. The average molecular weight is 450 g/mol. The summed E-state index contributed by atoms with van der Waals surface area (Å²) in [6.07, 6.45) is 4.02. The van der Waals surface area contributed by atoms with Gasteiger partial charge < -0.3 is 9.88 Å². The number of halogens is 2. The number of hydrogen-bond acceptors (Lipinski definition) is 4. The zero-order valence-electron chi connectivity index (χ0n) is 17.6. The number of imidazole rings is 1. The zero-order valence-corrected chi connectivity index (χ0v) is 18.4. The Morgan fingerprint density at radius 3 is 2.78 bits per heavy atom. The van der Waals surface area contributed by atoms with Crippen LogP contribution in [0, 0.1) is 18.7 Å². The fourth-order valence-electron chi connectivity index (χ4n) is 4.37. The predicted octanol–water partition coefficient (Wildman–Crippen LogP) is 5.34. The van der Waals surface area contributed by atoms with Crippen LogP contribution in [0.1, 0.15) is 41.1 Å². The van der Waals surface area contributed by atoms with Gasteiger partial charge in [0.1, 0.15) is 11.6 Å². The van der Waals surface area contributed by atoms with E-state index in [-0.39, 0.29) is 23.4 Å². The van der Waals surface area contributed by atoms with E-state index in [1.165, 1.54) is 12.1 Å². The van der Waals surface area contributed by atoms with Crippen LogP contribution in [-0.4, -0.2) is 37.3 Å². The number of H-pyrrole nitrogens is 1. The average Bonchev–Trinajstić information content (AvgIpc) is 3.36. The number of fused-ring (bicyclic) bond motifs is 1. The van der Waals surface area contributed by atoms with Gasteiger partial charge in [-0.25, -0.2) is 19.3 Å². The van der Waals surface area contributed by atoms with Crippen molar-refractivity contribution in [2.45, 2.75) is 26.3 Å². The second kappa shape index (κ2) is 7.98. The van der Waals surface area contributed by atoms with E-state index in [9.17, 15) is 9.18 Å². The van der Waals surface area contributed by atoms with Crippen molar-refractivity contribution >= 4 is 28.5 Å². The fourth-order valence-corrected chi connectivity index (χ4v) is 4.53. The summed E-state index contributed by atoms with van der Waals surface area (Å²) in [6.45, 7) is 4.58. The van der Waals surface area contributed by atoms with Crippen LogP contribution in [0.3, 0.4) is 0 Å². The molecule has 3 heterocycles. The van der Waals surface area contributed by atoms with E-state index in [1.807, 2.05) is 19.1 Å². The Labute approximate surface area is 189 Å². The quantitative estimate of drug-likeness (QED) is 0.458. The lowest BCUT2D eigenvalue weighted by molar-refractivity contribution is 0.0714. The van der Waals surface area contributed by atoms with E-state index in [0.29, 0.717) is 28.8 Å². The molecule has 0 bridgehead atoms. The van der Waals surface area contributed by atoms with Crippen molar-refractivity contribution in [2.24, 2.45) is 5.92 Å². The molecule has 1 N–H and O–H groups in total. The maximum Gasteiger partial charge on any atom is 0.255 e. The maximum absolute atomic E-state index is 14.2. The van der Waals surface area contributed by atoms with Crippen molar-refractivity contribution in [2.75, 3.05) is 6.54 Å². The first-order valence-electron chi connectivity index (χ1n) is 10.5. The first-order chi connectivity index (χ1) is 15.4. The third-order valence-corrected chi connectivity index (χ3v) is 6.45. The van der Waals surface area contributed by atoms with Crippen molar-refractivity contribution in [3.63, 3.8) is 0 Å². The van der Waals surface area contributed by atoms with Crippen LogP contribution in [-0.2, 0) is 0 Å². The van der Waals surface area contributed by atoms with Crippen LogP contribution in [0.25, 0.3) is 22.4 Å². The van der Waals surface area contributed by atoms with E-state index in [2.05, 4.69) is 21.9 Å². The number of amides is 1. The van der Waals surface area contributed by atoms with Gasteiger partial charge in [-0.3, -0.25) is 4.79 Å². The highest BCUT2D eigenvalue weighted by Crippen LogP contribution is 2.38. The monoisotopic (exact) mass is 449 g/mol. The number of aromatic nitrogens is 4. The first kappa shape index (κ1) is 20.6. The Morgan fingerprint density at radius 1 is 1.22 bits per heavy atom. The number of likely N-dealkylation sites (tertiary alicyclic amines) is 1. The lowest BCUT2D eigenvalue weighted by atomic mass is 10.0. The van der Waals surface area contributed by atoms with Crippen LogP contribution in [0.5, 0.6) is 0 Å². The Bertz CT molecular complexity index is 1280. The summed E-state index contributed by atoms with van der Waals surface area (Å²) in [5, 5.41) is 0.648. The van der Waals surface area contributed by atoms with Gasteiger partial charge in [0.05, 0.1) is 22.6 Å². The first-order valence-corrected chi connectivity index (χ1v) is 10.8. The maximum atomic E-state index is 14.2. The number of benzene rings is 2. The summed E-state index contributed by atoms with van der Waals surface area (Å²) in [5.74, 6) is 0.519. The van der Waals surface area contributed by atoms with Crippen molar-refractivity contribution in [3.05, 3.63) is 76.6 Å². The van der Waals surface area contributed by atoms with Gasteiger partial charge in [-0.05, 0) is 61.2 Å². The number of rotatable bonds is 3. The standard InChI is InChI=1S/C24H21ClFN5O/c1-13-6-9-31(21(13)23-29-19-10-14(2)18(25)12-20(19)30-23)24(32)17-11-15(26)4-5-16(17)22-27-7-3-8-28-22/h3-5,7-8,10-13,21H,6,9H2,1-2H3,(H,29,30)/t13-,21-/m0/s1. The summed E-state index contributed by atoms with van der Waals surface area (Å²) in [6, 6.07) is 9.35. The largest absolute Gasteiger partial charge is 0.340 e. The minimum absolute atomic E-state index is 0.182. The molecule has 2 aromatic heterocycles. The second-order valence-electron chi connectivity index (χ2n) is 8.21. The number of aromatic amines is 1. The summed E-state index contributed by atoms with van der Waals surface area (Å²) in [5.41, 5.74) is 3.32. The molecule has 4 aromatic rings. The number of nitrogens with one attached hydrogen (secondary N) is 1. The Morgan fingerprint density at radius 2 is 2.00 bits per heavy atom. The molecule has 8 heteroatoms. The molecule has 1 aliphatic heterocycles. The molecule has 2 aromatic carbocycles.